The molecular weight excluding hydrogens is 400 g/mol. The Morgan fingerprint density at radius 3 is 2.52 bits per heavy atom. The Morgan fingerprint density at radius 2 is 1.92 bits per heavy atom. The molecule has 0 aromatic heterocycles. The minimum Gasteiger partial charge on any atom is -0.491 e. The molecule has 0 aliphatic carbocycles. The summed E-state index contributed by atoms with van der Waals surface area (Å²) in [6.07, 6.45) is 1.12. The first kappa shape index (κ1) is 19.4. The summed E-state index contributed by atoms with van der Waals surface area (Å²) >= 11 is 8.63. The van der Waals surface area contributed by atoms with Crippen molar-refractivity contribution >= 4 is 44.9 Å². The fraction of sp³-hybridized carbons (Fsp3) is 0.263. The number of anilines is 1. The quantitative estimate of drug-likeness (QED) is 0.663. The van der Waals surface area contributed by atoms with Gasteiger partial charge in [-0.1, -0.05) is 28.9 Å². The summed E-state index contributed by atoms with van der Waals surface area (Å²) in [5, 5.41) is 5.92. The number of thiocarbonyl (C=S) groups is 1. The van der Waals surface area contributed by atoms with Crippen LogP contribution in [0.25, 0.3) is 0 Å². The van der Waals surface area contributed by atoms with Crippen LogP contribution in [0.1, 0.15) is 36.2 Å². The molecule has 1 amide bonds. The predicted octanol–water partition coefficient (Wildman–Crippen LogP) is 5.06. The maximum atomic E-state index is 12.2. The van der Waals surface area contributed by atoms with E-state index >= 15 is 0 Å². The molecule has 132 valence electrons. The number of benzene rings is 2. The highest BCUT2D eigenvalue weighted by Crippen LogP contribution is 2.19. The van der Waals surface area contributed by atoms with Crippen molar-refractivity contribution in [3.8, 4) is 5.75 Å². The molecule has 2 rings (SSSR count). The van der Waals surface area contributed by atoms with Crippen molar-refractivity contribution in [3.05, 3.63) is 58.1 Å². The van der Waals surface area contributed by atoms with Gasteiger partial charge in [-0.05, 0) is 74.4 Å². The zero-order valence-electron chi connectivity index (χ0n) is 14.4. The van der Waals surface area contributed by atoms with E-state index in [1.54, 1.807) is 12.1 Å². The van der Waals surface area contributed by atoms with E-state index in [0.29, 0.717) is 5.56 Å². The highest BCUT2D eigenvalue weighted by Gasteiger charge is 2.09. The largest absolute Gasteiger partial charge is 0.491 e. The third-order valence-electron chi connectivity index (χ3n) is 3.69. The van der Waals surface area contributed by atoms with E-state index in [-0.39, 0.29) is 17.1 Å². The lowest BCUT2D eigenvalue weighted by Gasteiger charge is -2.14. The zero-order chi connectivity index (χ0) is 18.4. The normalized spacial score (nSPS) is 11.5. The van der Waals surface area contributed by atoms with Crippen LogP contribution in [0.4, 0.5) is 5.69 Å². The average molecular weight is 421 g/mol. The van der Waals surface area contributed by atoms with Crippen molar-refractivity contribution in [1.29, 1.82) is 0 Å². The monoisotopic (exact) mass is 420 g/mol. The standard InChI is InChI=1S/C19H21BrN2O2S/c1-4-13(3)24-16-9-7-15(8-10-16)21-19(25)22-18(23)14-6-5-12(2)17(20)11-14/h5-11,13H,4H2,1-3H3,(H2,21,22,23,25). The van der Waals surface area contributed by atoms with E-state index < -0.39 is 0 Å². The Balaban J connectivity index is 1.93. The molecule has 2 aromatic carbocycles. The van der Waals surface area contributed by atoms with E-state index in [1.807, 2.05) is 44.2 Å². The van der Waals surface area contributed by atoms with Gasteiger partial charge in [-0.2, -0.15) is 0 Å². The van der Waals surface area contributed by atoms with Crippen molar-refractivity contribution in [1.82, 2.24) is 5.32 Å². The molecular formula is C19H21BrN2O2S. The summed E-state index contributed by atoms with van der Waals surface area (Å²) in [5.74, 6) is 0.550. The van der Waals surface area contributed by atoms with E-state index in [0.717, 1.165) is 27.9 Å². The van der Waals surface area contributed by atoms with Gasteiger partial charge in [0.15, 0.2) is 5.11 Å². The first-order chi connectivity index (χ1) is 11.9. The number of hydrogen-bond acceptors (Lipinski definition) is 3. The van der Waals surface area contributed by atoms with Crippen LogP contribution in [0.5, 0.6) is 5.75 Å². The molecule has 2 N–H and O–H groups in total. The highest BCUT2D eigenvalue weighted by molar-refractivity contribution is 9.10. The number of aryl methyl sites for hydroxylation is 1. The van der Waals surface area contributed by atoms with Gasteiger partial charge < -0.3 is 10.1 Å². The summed E-state index contributed by atoms with van der Waals surface area (Å²) < 4.78 is 6.62. The number of rotatable bonds is 5. The third-order valence-corrected chi connectivity index (χ3v) is 4.74. The maximum Gasteiger partial charge on any atom is 0.257 e. The van der Waals surface area contributed by atoms with Crippen molar-refractivity contribution in [3.63, 3.8) is 0 Å². The van der Waals surface area contributed by atoms with Crippen LogP contribution < -0.4 is 15.4 Å². The molecule has 4 nitrogen and oxygen atoms in total. The predicted molar refractivity (Wildman–Crippen MR) is 109 cm³/mol. The van der Waals surface area contributed by atoms with Gasteiger partial charge >= 0.3 is 0 Å². The van der Waals surface area contributed by atoms with E-state index in [9.17, 15) is 4.79 Å². The lowest BCUT2D eigenvalue weighted by Crippen LogP contribution is -2.34. The Hall–Kier alpha value is -1.92. The van der Waals surface area contributed by atoms with Gasteiger partial charge in [-0.25, -0.2) is 0 Å². The molecule has 0 heterocycles. The molecule has 1 unspecified atom stereocenters. The molecule has 25 heavy (non-hydrogen) atoms. The second kappa shape index (κ2) is 8.97. The topological polar surface area (TPSA) is 50.4 Å². The van der Waals surface area contributed by atoms with Crippen LogP contribution in [0.2, 0.25) is 0 Å². The molecule has 0 radical (unpaired) electrons. The molecule has 0 aliphatic rings. The summed E-state index contributed by atoms with van der Waals surface area (Å²) in [4.78, 5) is 12.2. The number of hydrogen-bond donors (Lipinski definition) is 2. The van der Waals surface area contributed by atoms with Crippen molar-refractivity contribution in [2.45, 2.75) is 33.3 Å². The molecule has 0 saturated heterocycles. The minimum atomic E-state index is -0.255. The third kappa shape index (κ3) is 5.83. The van der Waals surface area contributed by atoms with Gasteiger partial charge in [0, 0.05) is 15.7 Å². The Bertz CT molecular complexity index is 763. The number of carbonyl (C=O) groups is 1. The fourth-order valence-electron chi connectivity index (χ4n) is 2.00. The van der Waals surface area contributed by atoms with Crippen LogP contribution in [-0.4, -0.2) is 17.1 Å². The highest BCUT2D eigenvalue weighted by atomic mass is 79.9. The second-order valence-corrected chi connectivity index (χ2v) is 7.00. The van der Waals surface area contributed by atoms with Crippen LogP contribution in [0.15, 0.2) is 46.9 Å². The smallest absolute Gasteiger partial charge is 0.257 e. The number of ether oxygens (including phenoxy) is 1. The minimum absolute atomic E-state index is 0.174. The molecule has 1 atom stereocenters. The van der Waals surface area contributed by atoms with Gasteiger partial charge in [-0.15, -0.1) is 0 Å². The molecule has 0 aliphatic heterocycles. The van der Waals surface area contributed by atoms with E-state index in [1.165, 1.54) is 0 Å². The summed E-state index contributed by atoms with van der Waals surface area (Å²) in [7, 11) is 0. The number of amides is 1. The van der Waals surface area contributed by atoms with Crippen LogP contribution in [0.3, 0.4) is 0 Å². The van der Waals surface area contributed by atoms with Crippen LogP contribution in [-0.2, 0) is 0 Å². The van der Waals surface area contributed by atoms with Gasteiger partial charge in [0.05, 0.1) is 6.10 Å². The Labute approximate surface area is 162 Å². The lowest BCUT2D eigenvalue weighted by atomic mass is 10.1. The summed E-state index contributed by atoms with van der Waals surface area (Å²) in [6.45, 7) is 6.07. The lowest BCUT2D eigenvalue weighted by molar-refractivity contribution is 0.0977. The molecule has 0 fully saturated rings. The maximum absolute atomic E-state index is 12.2. The van der Waals surface area contributed by atoms with Crippen LogP contribution >= 0.6 is 28.1 Å². The molecule has 0 saturated carbocycles. The Morgan fingerprint density at radius 1 is 1.24 bits per heavy atom. The first-order valence-electron chi connectivity index (χ1n) is 8.04. The van der Waals surface area contributed by atoms with Crippen LogP contribution in [0, 0.1) is 6.92 Å². The number of carbonyl (C=O) groups excluding carboxylic acids is 1. The zero-order valence-corrected chi connectivity index (χ0v) is 16.8. The molecule has 2 aromatic rings. The molecule has 0 spiro atoms. The van der Waals surface area contributed by atoms with Crippen molar-refractivity contribution in [2.24, 2.45) is 0 Å². The molecule has 6 heteroatoms. The van der Waals surface area contributed by atoms with E-state index in [4.69, 9.17) is 17.0 Å². The van der Waals surface area contributed by atoms with Gasteiger partial charge in [0.25, 0.3) is 5.91 Å². The van der Waals surface area contributed by atoms with Crippen molar-refractivity contribution in [2.75, 3.05) is 5.32 Å². The molecule has 0 bridgehead atoms. The van der Waals surface area contributed by atoms with Gasteiger partial charge in [0.2, 0.25) is 0 Å². The average Bonchev–Trinajstić information content (AvgIpc) is 2.58. The number of halogens is 1. The number of nitrogens with one attached hydrogen (secondary N) is 2. The Kier molecular flexibility index (Phi) is 6.96. The summed E-state index contributed by atoms with van der Waals surface area (Å²) in [5.41, 5.74) is 2.39. The second-order valence-electron chi connectivity index (χ2n) is 5.73. The van der Waals surface area contributed by atoms with E-state index in [2.05, 4.69) is 33.5 Å². The SMILES string of the molecule is CCC(C)Oc1ccc(NC(=S)NC(=O)c2ccc(C)c(Br)c2)cc1. The summed E-state index contributed by atoms with van der Waals surface area (Å²) in [6, 6.07) is 12.9. The first-order valence-corrected chi connectivity index (χ1v) is 9.24. The fourth-order valence-corrected chi connectivity index (χ4v) is 2.59. The van der Waals surface area contributed by atoms with Crippen molar-refractivity contribution < 1.29 is 9.53 Å². The van der Waals surface area contributed by atoms with Gasteiger partial charge in [-0.3, -0.25) is 10.1 Å². The van der Waals surface area contributed by atoms with Gasteiger partial charge in [0.1, 0.15) is 5.75 Å².